The number of carboxylic acids is 1. The van der Waals surface area contributed by atoms with Crippen LogP contribution in [-0.4, -0.2) is 47.9 Å². The van der Waals surface area contributed by atoms with Crippen LogP contribution in [0.2, 0.25) is 0 Å². The summed E-state index contributed by atoms with van der Waals surface area (Å²) in [7, 11) is 0. The summed E-state index contributed by atoms with van der Waals surface area (Å²) in [6, 6.07) is 13.2. The molecule has 0 aliphatic carbocycles. The number of nitrogen functional groups attached to an aromatic ring is 1. The van der Waals surface area contributed by atoms with Crippen LogP contribution in [0.15, 0.2) is 53.5 Å². The number of hydrogen-bond donors (Lipinski definition) is 4. The van der Waals surface area contributed by atoms with E-state index in [-0.39, 0.29) is 42.1 Å². The minimum absolute atomic E-state index is 0.0324. The number of carbonyl (C=O) groups is 2. The van der Waals surface area contributed by atoms with Gasteiger partial charge in [-0.1, -0.05) is 36.4 Å². The molecule has 196 valence electrons. The Morgan fingerprint density at radius 3 is 2.68 bits per heavy atom. The number of halogens is 1. The van der Waals surface area contributed by atoms with Gasteiger partial charge in [0.25, 0.3) is 0 Å². The van der Waals surface area contributed by atoms with E-state index in [9.17, 15) is 19.5 Å². The number of esters is 1. The highest BCUT2D eigenvalue weighted by atomic mass is 19.1. The van der Waals surface area contributed by atoms with Crippen molar-refractivity contribution in [3.8, 4) is 5.75 Å². The van der Waals surface area contributed by atoms with E-state index in [2.05, 4.69) is 10.6 Å². The lowest BCUT2D eigenvalue weighted by Gasteiger charge is -2.31. The summed E-state index contributed by atoms with van der Waals surface area (Å²) < 4.78 is 27.9. The summed E-state index contributed by atoms with van der Waals surface area (Å²) in [4.78, 5) is 36.1. The van der Waals surface area contributed by atoms with Crippen LogP contribution in [0.4, 0.5) is 21.5 Å². The second-order valence-corrected chi connectivity index (χ2v) is 8.89. The summed E-state index contributed by atoms with van der Waals surface area (Å²) in [6.07, 6.45) is 1.15. The number of ether oxygens (including phenoxy) is 2. The monoisotopic (exact) mass is 520 g/mol. The van der Waals surface area contributed by atoms with Crippen LogP contribution in [0.3, 0.4) is 0 Å². The van der Waals surface area contributed by atoms with Crippen molar-refractivity contribution in [2.24, 2.45) is 0 Å². The van der Waals surface area contributed by atoms with Gasteiger partial charge in [0.05, 0.1) is 16.6 Å². The van der Waals surface area contributed by atoms with Gasteiger partial charge in [-0.05, 0) is 11.5 Å². The highest BCUT2D eigenvalue weighted by Gasteiger charge is 2.32. The summed E-state index contributed by atoms with van der Waals surface area (Å²) in [6.45, 7) is 1.74. The van der Waals surface area contributed by atoms with E-state index in [1.807, 2.05) is 42.5 Å². The molecule has 10 nitrogen and oxygen atoms in total. The molecule has 1 atom stereocenters. The van der Waals surface area contributed by atoms with Gasteiger partial charge in [0.15, 0.2) is 11.6 Å². The Morgan fingerprint density at radius 2 is 1.92 bits per heavy atom. The van der Waals surface area contributed by atoms with Gasteiger partial charge in [-0.2, -0.15) is 0 Å². The minimum atomic E-state index is -1.48. The zero-order valence-corrected chi connectivity index (χ0v) is 20.4. The number of benzene rings is 3. The highest BCUT2D eigenvalue weighted by Crippen LogP contribution is 2.43. The fraction of sp³-hybridized carbons (Fsp3) is 0.222. The van der Waals surface area contributed by atoms with Gasteiger partial charge in [0, 0.05) is 37.3 Å². The minimum Gasteiger partial charge on any atom is -0.487 e. The molecule has 0 saturated carbocycles. The van der Waals surface area contributed by atoms with E-state index >= 15 is 4.39 Å². The molecular formula is C27H25FN4O6. The Labute approximate surface area is 215 Å². The Bertz CT molecular complexity index is 1650. The average molecular weight is 521 g/mol. The van der Waals surface area contributed by atoms with Gasteiger partial charge in [-0.25, -0.2) is 9.18 Å². The van der Waals surface area contributed by atoms with E-state index < -0.39 is 40.5 Å². The standard InChI is InChI=1S/C27H25FN4O6/c1-14(33)37-12-16-13-38-26-23(31-10-9-30-19-8-4-6-15-5-2-3-7-17(15)19)21(28)22(29)20-24(26)32(16)11-18(25(20)34)27(35)36/h2-8,11,16,30-31H,9-10,12-13,29H2,1H3,(H,35,36). The molecule has 1 aromatic heterocycles. The molecular weight excluding hydrogens is 495 g/mol. The predicted molar refractivity (Wildman–Crippen MR) is 142 cm³/mol. The molecule has 3 aromatic carbocycles. The molecule has 5 N–H and O–H groups in total. The zero-order valence-electron chi connectivity index (χ0n) is 20.4. The molecule has 1 aliphatic rings. The number of aromatic carboxylic acids is 1. The van der Waals surface area contributed by atoms with Crippen LogP contribution in [0.1, 0.15) is 23.3 Å². The fourth-order valence-corrected chi connectivity index (χ4v) is 4.68. The van der Waals surface area contributed by atoms with Crippen LogP contribution >= 0.6 is 0 Å². The van der Waals surface area contributed by atoms with E-state index in [1.165, 1.54) is 11.5 Å². The quantitative estimate of drug-likeness (QED) is 0.156. The van der Waals surface area contributed by atoms with Crippen LogP contribution in [0.25, 0.3) is 21.7 Å². The van der Waals surface area contributed by atoms with E-state index in [4.69, 9.17) is 15.2 Å². The Morgan fingerprint density at radius 1 is 1.18 bits per heavy atom. The maximum absolute atomic E-state index is 15.5. The van der Waals surface area contributed by atoms with Gasteiger partial charge in [-0.3, -0.25) is 9.59 Å². The number of fused-ring (bicyclic) bond motifs is 1. The predicted octanol–water partition coefficient (Wildman–Crippen LogP) is 3.59. The van der Waals surface area contributed by atoms with Crippen LogP contribution in [0, 0.1) is 5.82 Å². The van der Waals surface area contributed by atoms with Crippen molar-refractivity contribution in [2.45, 2.75) is 13.0 Å². The molecule has 1 aliphatic heterocycles. The maximum Gasteiger partial charge on any atom is 0.341 e. The smallest absolute Gasteiger partial charge is 0.341 e. The number of nitrogens with zero attached hydrogens (tertiary/aromatic N) is 1. The van der Waals surface area contributed by atoms with Crippen molar-refractivity contribution in [3.05, 3.63) is 70.3 Å². The number of hydrogen-bond acceptors (Lipinski definition) is 8. The number of aromatic nitrogens is 1. The Hall–Kier alpha value is -4.80. The topological polar surface area (TPSA) is 145 Å². The number of pyridine rings is 1. The van der Waals surface area contributed by atoms with Gasteiger partial charge in [0.2, 0.25) is 5.43 Å². The lowest BCUT2D eigenvalue weighted by Crippen LogP contribution is -2.32. The van der Waals surface area contributed by atoms with Crippen molar-refractivity contribution in [1.29, 1.82) is 0 Å². The third-order valence-electron chi connectivity index (χ3n) is 6.46. The van der Waals surface area contributed by atoms with Crippen molar-refractivity contribution in [3.63, 3.8) is 0 Å². The van der Waals surface area contributed by atoms with Gasteiger partial charge >= 0.3 is 11.9 Å². The first-order chi connectivity index (χ1) is 18.3. The molecule has 0 amide bonds. The molecule has 4 aromatic rings. The summed E-state index contributed by atoms with van der Waals surface area (Å²) >= 11 is 0. The largest absolute Gasteiger partial charge is 0.487 e. The molecule has 0 saturated heterocycles. The Kier molecular flexibility index (Phi) is 6.50. The Balaban J connectivity index is 1.50. The lowest BCUT2D eigenvalue weighted by atomic mass is 10.0. The third-order valence-corrected chi connectivity index (χ3v) is 6.46. The van der Waals surface area contributed by atoms with Crippen LogP contribution in [-0.2, 0) is 9.53 Å². The second kappa shape index (κ2) is 9.92. The number of nitrogens with two attached hydrogens (primary N) is 1. The first-order valence-corrected chi connectivity index (χ1v) is 11.9. The molecule has 0 bridgehead atoms. The first kappa shape index (κ1) is 24.9. The van der Waals surface area contributed by atoms with Crippen LogP contribution < -0.4 is 26.5 Å². The van der Waals surface area contributed by atoms with Crippen molar-refractivity contribution >= 4 is 50.7 Å². The molecule has 0 fully saturated rings. The number of nitrogens with one attached hydrogen (secondary N) is 2. The molecule has 2 heterocycles. The zero-order chi connectivity index (χ0) is 27.0. The second-order valence-electron chi connectivity index (χ2n) is 8.89. The van der Waals surface area contributed by atoms with E-state index in [1.54, 1.807) is 0 Å². The normalized spacial score (nSPS) is 14.2. The summed E-state index contributed by atoms with van der Waals surface area (Å²) in [5.41, 5.74) is 5.06. The molecule has 0 spiro atoms. The van der Waals surface area contributed by atoms with Gasteiger partial charge in [0.1, 0.15) is 30.5 Å². The molecule has 38 heavy (non-hydrogen) atoms. The van der Waals surface area contributed by atoms with Gasteiger partial charge in [-0.15, -0.1) is 0 Å². The number of anilines is 3. The highest BCUT2D eigenvalue weighted by molar-refractivity contribution is 6.03. The number of rotatable bonds is 8. The molecule has 0 radical (unpaired) electrons. The van der Waals surface area contributed by atoms with Crippen molar-refractivity contribution < 1.29 is 28.6 Å². The van der Waals surface area contributed by atoms with Crippen LogP contribution in [0.5, 0.6) is 5.75 Å². The average Bonchev–Trinajstić information content (AvgIpc) is 2.90. The van der Waals surface area contributed by atoms with Gasteiger partial charge < -0.3 is 35.5 Å². The summed E-state index contributed by atoms with van der Waals surface area (Å²) in [5.74, 6) is -2.90. The van der Waals surface area contributed by atoms with E-state index in [0.717, 1.165) is 22.7 Å². The first-order valence-electron chi connectivity index (χ1n) is 11.9. The number of carboxylic acid groups (broad SMARTS) is 1. The summed E-state index contributed by atoms with van der Waals surface area (Å²) in [5, 5.41) is 17.7. The van der Waals surface area contributed by atoms with Crippen molar-refractivity contribution in [1.82, 2.24) is 4.57 Å². The SMILES string of the molecule is CC(=O)OCC1COc2c(NCCNc3cccc4ccccc34)c(F)c(N)c3c(=O)c(C(=O)O)cn1c23. The molecule has 5 rings (SSSR count). The molecule has 1 unspecified atom stereocenters. The van der Waals surface area contributed by atoms with Crippen molar-refractivity contribution in [2.75, 3.05) is 42.7 Å². The third kappa shape index (κ3) is 4.32. The fourth-order valence-electron chi connectivity index (χ4n) is 4.68. The molecule has 11 heteroatoms. The number of carbonyl (C=O) groups excluding carboxylic acids is 1. The van der Waals surface area contributed by atoms with E-state index in [0.29, 0.717) is 6.54 Å². The lowest BCUT2D eigenvalue weighted by molar-refractivity contribution is -0.142. The maximum atomic E-state index is 15.5.